The smallest absolute Gasteiger partial charge is 0.200 e. The summed E-state index contributed by atoms with van der Waals surface area (Å²) >= 11 is 0. The predicted octanol–water partition coefficient (Wildman–Crippen LogP) is 20.2. The third kappa shape index (κ3) is 8.90. The quantitative estimate of drug-likeness (QED) is 0.136. The van der Waals surface area contributed by atoms with Gasteiger partial charge in [0.1, 0.15) is 22.3 Å². The van der Waals surface area contributed by atoms with Gasteiger partial charge in [-0.1, -0.05) is 200 Å². The van der Waals surface area contributed by atoms with Crippen molar-refractivity contribution < 1.29 is 8.83 Å². The van der Waals surface area contributed by atoms with Gasteiger partial charge >= 0.3 is 0 Å². The first-order valence-electron chi connectivity index (χ1n) is 30.0. The number of nitriles is 1. The molecule has 428 valence electrons. The first-order valence-corrected chi connectivity index (χ1v) is 30.0. The van der Waals surface area contributed by atoms with Crippen LogP contribution in [0.4, 0.5) is 5.69 Å². The molecule has 6 aromatic heterocycles. The molecule has 0 spiro atoms. The topological polar surface area (TPSA) is 142 Å². The van der Waals surface area contributed by atoms with Gasteiger partial charge < -0.3 is 18.0 Å². The van der Waals surface area contributed by atoms with Gasteiger partial charge in [0.25, 0.3) is 0 Å². The van der Waals surface area contributed by atoms with Crippen molar-refractivity contribution in [2.24, 2.45) is 0 Å². The van der Waals surface area contributed by atoms with Crippen LogP contribution in [0.5, 0.6) is 0 Å². The highest BCUT2D eigenvalue weighted by atomic mass is 16.3. The van der Waals surface area contributed by atoms with Crippen LogP contribution in [-0.2, 0) is 0 Å². The lowest BCUT2D eigenvalue weighted by Crippen LogP contribution is -2.04. The van der Waals surface area contributed by atoms with E-state index in [1.807, 2.05) is 206 Å². The first kappa shape index (κ1) is 53.1. The number of benzene rings is 12. The molecule has 0 fully saturated rings. The SMILES string of the molecule is N#Cc1ccc(-n2c3ccccc3c3c4oc5ccccc5c4ccc32)c(-c2nc(-c3ccccc3)nc(-c3ccccc3)n2)c1.[C-]#[N+]c1cc(-n2c3ccccc3c3c4oc5ccccc5c4ccc32)ccc1-c1nc(-c2ccccc2)nc(-c2ccccc2)n1. The zero-order valence-corrected chi connectivity index (χ0v) is 48.8. The highest BCUT2D eigenvalue weighted by molar-refractivity contribution is 6.25. The van der Waals surface area contributed by atoms with Gasteiger partial charge in [-0.15, -0.1) is 0 Å². The molecule has 0 unspecified atom stereocenters. The Labute approximate surface area is 525 Å². The minimum atomic E-state index is 0.455. The monoisotopic (exact) mass is 1180 g/mol. The molecule has 18 aromatic rings. The number of aromatic nitrogens is 8. The Morgan fingerprint density at radius 3 is 1.21 bits per heavy atom. The fourth-order valence-corrected chi connectivity index (χ4v) is 12.8. The number of rotatable bonds is 8. The van der Waals surface area contributed by atoms with Gasteiger partial charge in [-0.3, -0.25) is 0 Å². The molecule has 0 saturated carbocycles. The largest absolute Gasteiger partial charge is 0.455 e. The maximum Gasteiger partial charge on any atom is 0.200 e. The molecule has 6 heterocycles. The average Bonchev–Trinajstić information content (AvgIpc) is 1.57. The van der Waals surface area contributed by atoms with Crippen LogP contribution in [0.25, 0.3) is 172 Å². The lowest BCUT2D eigenvalue weighted by atomic mass is 10.1. The third-order valence-electron chi connectivity index (χ3n) is 17.0. The van der Waals surface area contributed by atoms with E-state index in [1.165, 1.54) is 0 Å². The van der Waals surface area contributed by atoms with Gasteiger partial charge in [0, 0.05) is 71.4 Å². The van der Waals surface area contributed by atoms with Crippen LogP contribution in [-0.4, -0.2) is 39.0 Å². The molecule has 12 aromatic carbocycles. The van der Waals surface area contributed by atoms with Crippen LogP contribution in [0.3, 0.4) is 0 Å². The lowest BCUT2D eigenvalue weighted by Gasteiger charge is -2.15. The van der Waals surface area contributed by atoms with Crippen LogP contribution in [0, 0.1) is 17.9 Å². The van der Waals surface area contributed by atoms with E-state index in [9.17, 15) is 5.26 Å². The van der Waals surface area contributed by atoms with E-state index in [0.29, 0.717) is 51.8 Å². The average molecular weight is 1180 g/mol. The number of hydrogen-bond donors (Lipinski definition) is 0. The van der Waals surface area contributed by atoms with Crippen molar-refractivity contribution in [1.82, 2.24) is 39.0 Å². The molecule has 0 aliphatic rings. The standard InChI is InChI=1S/2C40H23N5O/c1-41-32-24-27(20-21-30(32)40-43-38(25-12-4-2-5-13-25)42-39(44-40)26-14-6-3-7-15-26)45-33-18-10-8-17-31(33)36-34(45)23-22-29-28-16-9-11-19-35(28)46-37(29)36;41-24-25-19-21-33(31(23-25)40-43-38(26-11-3-1-4-12-26)42-39(44-40)27-13-5-2-6-14-27)45-32-17-9-7-16-30(32)36-34(45)22-20-29-28-15-8-10-18-35(28)46-37(29)36/h2-24H;1-23H. The van der Waals surface area contributed by atoms with Crippen LogP contribution in [0.1, 0.15) is 5.56 Å². The Morgan fingerprint density at radius 2 is 0.739 bits per heavy atom. The van der Waals surface area contributed by atoms with Crippen molar-refractivity contribution in [2.45, 2.75) is 0 Å². The summed E-state index contributed by atoms with van der Waals surface area (Å²) in [5.41, 5.74) is 15.1. The van der Waals surface area contributed by atoms with E-state index in [4.69, 9.17) is 45.3 Å². The molecule has 0 amide bonds. The molecule has 12 nitrogen and oxygen atoms in total. The van der Waals surface area contributed by atoms with Gasteiger partial charge in [-0.2, -0.15) is 5.26 Å². The highest BCUT2D eigenvalue weighted by Gasteiger charge is 2.25. The Morgan fingerprint density at radius 1 is 0.337 bits per heavy atom. The van der Waals surface area contributed by atoms with Gasteiger partial charge in [0.15, 0.2) is 40.6 Å². The van der Waals surface area contributed by atoms with Crippen LogP contribution >= 0.6 is 0 Å². The van der Waals surface area contributed by atoms with Crippen molar-refractivity contribution >= 4 is 93.2 Å². The fourth-order valence-electron chi connectivity index (χ4n) is 12.8. The molecule has 0 aliphatic heterocycles. The lowest BCUT2D eigenvalue weighted by molar-refractivity contribution is 0.672. The summed E-state index contributed by atoms with van der Waals surface area (Å²) in [5.74, 6) is 3.17. The Balaban J connectivity index is 0.000000141. The van der Waals surface area contributed by atoms with E-state index in [1.54, 1.807) is 0 Å². The summed E-state index contributed by atoms with van der Waals surface area (Å²) in [7, 11) is 0. The summed E-state index contributed by atoms with van der Waals surface area (Å²) in [6, 6.07) is 94.9. The normalized spacial score (nSPS) is 11.5. The second-order valence-corrected chi connectivity index (χ2v) is 22.3. The fraction of sp³-hybridized carbons (Fsp3) is 0. The van der Waals surface area contributed by atoms with Crippen LogP contribution < -0.4 is 0 Å². The number of fused-ring (bicyclic) bond motifs is 14. The van der Waals surface area contributed by atoms with E-state index >= 15 is 0 Å². The maximum atomic E-state index is 10.0. The minimum absolute atomic E-state index is 0.455. The number of furan rings is 2. The predicted molar refractivity (Wildman–Crippen MR) is 366 cm³/mol. The molecule has 18 rings (SSSR count). The summed E-state index contributed by atoms with van der Waals surface area (Å²) in [6.07, 6.45) is 0. The summed E-state index contributed by atoms with van der Waals surface area (Å²) in [5, 5.41) is 18.6. The van der Waals surface area contributed by atoms with Crippen molar-refractivity contribution in [2.75, 3.05) is 0 Å². The Kier molecular flexibility index (Phi) is 12.6. The summed E-state index contributed by atoms with van der Waals surface area (Å²) in [6.45, 7) is 8.22. The molecule has 0 atom stereocenters. The molecular weight excluding hydrogens is 1130 g/mol. The number of hydrogen-bond acceptors (Lipinski definition) is 9. The molecular formula is C80H46N10O2. The summed E-state index contributed by atoms with van der Waals surface area (Å²) in [4.78, 5) is 33.5. The van der Waals surface area contributed by atoms with Crippen LogP contribution in [0.2, 0.25) is 0 Å². The number of nitrogens with zero attached hydrogens (tertiary/aromatic N) is 10. The van der Waals surface area contributed by atoms with Gasteiger partial charge in [-0.25, -0.2) is 34.7 Å². The minimum Gasteiger partial charge on any atom is -0.455 e. The molecule has 0 N–H and O–H groups in total. The van der Waals surface area contributed by atoms with E-state index in [2.05, 4.69) is 92.8 Å². The van der Waals surface area contributed by atoms with Crippen molar-refractivity contribution in [1.29, 1.82) is 5.26 Å². The second kappa shape index (κ2) is 21.9. The van der Waals surface area contributed by atoms with E-state index < -0.39 is 0 Å². The highest BCUT2D eigenvalue weighted by Crippen LogP contribution is 2.45. The second-order valence-electron chi connectivity index (χ2n) is 22.3. The van der Waals surface area contributed by atoms with Gasteiger partial charge in [0.05, 0.1) is 56.7 Å². The molecule has 12 heteroatoms. The van der Waals surface area contributed by atoms with Crippen LogP contribution in [0.15, 0.2) is 288 Å². The summed E-state index contributed by atoms with van der Waals surface area (Å²) < 4.78 is 17.4. The van der Waals surface area contributed by atoms with Crippen molar-refractivity contribution in [3.8, 4) is 85.8 Å². The Hall–Kier alpha value is -13.2. The number of para-hydroxylation sites is 4. The van der Waals surface area contributed by atoms with E-state index in [0.717, 1.165) is 127 Å². The third-order valence-corrected chi connectivity index (χ3v) is 17.0. The Bertz CT molecular complexity index is 5920. The zero-order chi connectivity index (χ0) is 61.2. The van der Waals surface area contributed by atoms with Gasteiger partial charge in [-0.05, 0) is 78.9 Å². The maximum absolute atomic E-state index is 10.0. The zero-order valence-electron chi connectivity index (χ0n) is 48.8. The molecule has 0 aliphatic carbocycles. The molecule has 0 saturated heterocycles. The van der Waals surface area contributed by atoms with Gasteiger partial charge in [0.2, 0.25) is 0 Å². The molecule has 0 bridgehead atoms. The molecule has 0 radical (unpaired) electrons. The van der Waals surface area contributed by atoms with Crippen molar-refractivity contribution in [3.63, 3.8) is 0 Å². The first-order chi connectivity index (χ1) is 45.5. The van der Waals surface area contributed by atoms with Crippen molar-refractivity contribution in [3.05, 3.63) is 296 Å². The molecule has 92 heavy (non-hydrogen) atoms. The van der Waals surface area contributed by atoms with E-state index in [-0.39, 0.29) is 0 Å².